The molecule has 0 fully saturated rings. The van der Waals surface area contributed by atoms with Gasteiger partial charge >= 0.3 is 12.0 Å². The van der Waals surface area contributed by atoms with Crippen molar-refractivity contribution in [2.24, 2.45) is 0 Å². The summed E-state index contributed by atoms with van der Waals surface area (Å²) in [7, 11) is 0. The molecule has 1 rings (SSSR count). The van der Waals surface area contributed by atoms with Gasteiger partial charge in [-0.15, -0.1) is 11.8 Å². The first-order valence-electron chi connectivity index (χ1n) is 5.42. The van der Waals surface area contributed by atoms with E-state index in [1.165, 1.54) is 5.56 Å². The van der Waals surface area contributed by atoms with Gasteiger partial charge in [-0.25, -0.2) is 11.4 Å². The van der Waals surface area contributed by atoms with Crippen LogP contribution in [0.15, 0.2) is 30.3 Å². The molecule has 4 heteroatoms. The maximum atomic E-state index is 11.4. The van der Waals surface area contributed by atoms with Crippen LogP contribution in [-0.2, 0) is 15.3 Å². The Morgan fingerprint density at radius 2 is 2.18 bits per heavy atom. The van der Waals surface area contributed by atoms with Crippen LogP contribution in [0.3, 0.4) is 0 Å². The molecule has 0 aliphatic rings. The van der Waals surface area contributed by atoms with Gasteiger partial charge in [0, 0.05) is 5.75 Å². The first-order chi connectivity index (χ1) is 8.27. The number of benzene rings is 1. The van der Waals surface area contributed by atoms with Crippen LogP contribution < -0.4 is 0 Å². The summed E-state index contributed by atoms with van der Waals surface area (Å²) in [6.07, 6.45) is 0. The van der Waals surface area contributed by atoms with Crippen LogP contribution >= 0.6 is 11.8 Å². The summed E-state index contributed by atoms with van der Waals surface area (Å²) in [6.45, 7) is 9.04. The van der Waals surface area contributed by atoms with E-state index in [-0.39, 0.29) is 0 Å². The van der Waals surface area contributed by atoms with Gasteiger partial charge in [0.05, 0.1) is 12.4 Å². The van der Waals surface area contributed by atoms with Crippen molar-refractivity contribution in [1.82, 2.24) is 0 Å². The Morgan fingerprint density at radius 3 is 2.76 bits per heavy atom. The standard InChI is InChI=1S/C13H15NO2S/c1-3-16-13(15)12(14-2)10-17-9-11-7-5-4-6-8-11/h4-8,12H,3,9-10H2,1H3/t12-/m0/s1. The Kier molecular flexibility index (Phi) is 6.19. The second kappa shape index (κ2) is 7.75. The van der Waals surface area contributed by atoms with E-state index in [1.54, 1.807) is 18.7 Å². The first kappa shape index (κ1) is 13.6. The molecule has 0 bridgehead atoms. The average molecular weight is 249 g/mol. The third-order valence-electron chi connectivity index (χ3n) is 2.10. The summed E-state index contributed by atoms with van der Waals surface area (Å²) in [5.74, 6) is 0.881. The van der Waals surface area contributed by atoms with Gasteiger partial charge in [0.2, 0.25) is 0 Å². The van der Waals surface area contributed by atoms with E-state index in [1.807, 2.05) is 30.3 Å². The van der Waals surface area contributed by atoms with Crippen molar-refractivity contribution < 1.29 is 9.53 Å². The van der Waals surface area contributed by atoms with E-state index in [2.05, 4.69) is 4.85 Å². The van der Waals surface area contributed by atoms with Gasteiger partial charge in [0.1, 0.15) is 0 Å². The quantitative estimate of drug-likeness (QED) is 0.573. The van der Waals surface area contributed by atoms with Crippen LogP contribution in [-0.4, -0.2) is 24.4 Å². The largest absolute Gasteiger partial charge is 0.460 e. The Bertz CT molecular complexity index is 386. The van der Waals surface area contributed by atoms with Crippen molar-refractivity contribution in [3.05, 3.63) is 47.3 Å². The lowest BCUT2D eigenvalue weighted by molar-refractivity contribution is -0.143. The van der Waals surface area contributed by atoms with Crippen molar-refractivity contribution in [2.75, 3.05) is 12.4 Å². The number of hydrogen-bond acceptors (Lipinski definition) is 3. The molecule has 0 saturated heterocycles. The Hall–Kier alpha value is -1.47. The molecule has 17 heavy (non-hydrogen) atoms. The monoisotopic (exact) mass is 249 g/mol. The van der Waals surface area contributed by atoms with Crippen molar-refractivity contribution in [3.8, 4) is 0 Å². The topological polar surface area (TPSA) is 30.7 Å². The van der Waals surface area contributed by atoms with Crippen LogP contribution in [0.1, 0.15) is 12.5 Å². The van der Waals surface area contributed by atoms with Crippen LogP contribution in [0.5, 0.6) is 0 Å². The van der Waals surface area contributed by atoms with E-state index in [0.29, 0.717) is 12.4 Å². The molecule has 0 unspecified atom stereocenters. The highest BCUT2D eigenvalue weighted by Crippen LogP contribution is 2.14. The predicted molar refractivity (Wildman–Crippen MR) is 69.6 cm³/mol. The number of nitrogens with zero attached hydrogens (tertiary/aromatic N) is 1. The summed E-state index contributed by atoms with van der Waals surface area (Å²) in [6, 6.07) is 9.31. The maximum absolute atomic E-state index is 11.4. The molecule has 0 aromatic heterocycles. The normalized spacial score (nSPS) is 11.5. The zero-order chi connectivity index (χ0) is 12.5. The molecular weight excluding hydrogens is 234 g/mol. The molecular formula is C13H15NO2S. The highest BCUT2D eigenvalue weighted by Gasteiger charge is 2.24. The molecule has 0 radical (unpaired) electrons. The minimum Gasteiger partial charge on any atom is -0.460 e. The van der Waals surface area contributed by atoms with Crippen LogP contribution in [0.25, 0.3) is 4.85 Å². The summed E-state index contributed by atoms with van der Waals surface area (Å²) >= 11 is 1.58. The third kappa shape index (κ3) is 4.92. The molecule has 0 aliphatic heterocycles. The maximum Gasteiger partial charge on any atom is 0.391 e. The molecule has 3 nitrogen and oxygen atoms in total. The zero-order valence-corrected chi connectivity index (χ0v) is 10.6. The van der Waals surface area contributed by atoms with Gasteiger partial charge in [-0.3, -0.25) is 0 Å². The second-order valence-electron chi connectivity index (χ2n) is 3.40. The molecule has 1 atom stereocenters. The number of hydrogen-bond donors (Lipinski definition) is 0. The van der Waals surface area contributed by atoms with Crippen molar-refractivity contribution in [3.63, 3.8) is 0 Å². The number of rotatable bonds is 6. The van der Waals surface area contributed by atoms with E-state index in [0.717, 1.165) is 5.75 Å². The molecule has 0 aliphatic carbocycles. The van der Waals surface area contributed by atoms with Gasteiger partial charge in [-0.2, -0.15) is 0 Å². The summed E-state index contributed by atoms with van der Waals surface area (Å²) < 4.78 is 4.83. The van der Waals surface area contributed by atoms with E-state index in [4.69, 9.17) is 11.3 Å². The van der Waals surface area contributed by atoms with Crippen LogP contribution in [0.2, 0.25) is 0 Å². The number of carbonyl (C=O) groups excluding carboxylic acids is 1. The Morgan fingerprint density at radius 1 is 1.47 bits per heavy atom. The fourth-order valence-electron chi connectivity index (χ4n) is 1.26. The van der Waals surface area contributed by atoms with Gasteiger partial charge in [0.15, 0.2) is 0 Å². The van der Waals surface area contributed by atoms with Gasteiger partial charge in [-0.1, -0.05) is 30.3 Å². The fraction of sp³-hybridized carbons (Fsp3) is 0.385. The number of esters is 1. The molecule has 0 saturated carbocycles. The third-order valence-corrected chi connectivity index (χ3v) is 3.19. The smallest absolute Gasteiger partial charge is 0.391 e. The Balaban J connectivity index is 2.34. The highest BCUT2D eigenvalue weighted by atomic mass is 32.2. The lowest BCUT2D eigenvalue weighted by atomic mass is 10.2. The minimum absolute atomic E-state index is 0.328. The van der Waals surface area contributed by atoms with E-state index < -0.39 is 12.0 Å². The fourth-order valence-corrected chi connectivity index (χ4v) is 2.24. The lowest BCUT2D eigenvalue weighted by Gasteiger charge is -2.05. The molecule has 90 valence electrons. The van der Waals surface area contributed by atoms with Crippen LogP contribution in [0.4, 0.5) is 0 Å². The van der Waals surface area contributed by atoms with Crippen molar-refractivity contribution in [1.29, 1.82) is 0 Å². The minimum atomic E-state index is -0.677. The second-order valence-corrected chi connectivity index (χ2v) is 4.43. The number of thioether (sulfide) groups is 1. The van der Waals surface area contributed by atoms with E-state index >= 15 is 0 Å². The van der Waals surface area contributed by atoms with Gasteiger partial charge < -0.3 is 9.58 Å². The molecule has 0 N–H and O–H groups in total. The van der Waals surface area contributed by atoms with Crippen molar-refractivity contribution in [2.45, 2.75) is 18.7 Å². The Labute approximate surface area is 106 Å². The summed E-state index contributed by atoms with van der Waals surface area (Å²) in [4.78, 5) is 14.7. The average Bonchev–Trinajstić information content (AvgIpc) is 2.36. The van der Waals surface area contributed by atoms with Crippen LogP contribution in [0, 0.1) is 6.57 Å². The van der Waals surface area contributed by atoms with E-state index in [9.17, 15) is 4.79 Å². The van der Waals surface area contributed by atoms with Gasteiger partial charge in [-0.05, 0) is 12.5 Å². The summed E-state index contributed by atoms with van der Waals surface area (Å²) in [5, 5.41) is 0. The number of carbonyl (C=O) groups is 1. The zero-order valence-electron chi connectivity index (χ0n) is 9.76. The molecule has 1 aromatic carbocycles. The number of ether oxygens (including phenoxy) is 1. The highest BCUT2D eigenvalue weighted by molar-refractivity contribution is 7.98. The lowest BCUT2D eigenvalue weighted by Crippen LogP contribution is -2.22. The molecule has 0 spiro atoms. The molecule has 1 aromatic rings. The van der Waals surface area contributed by atoms with Gasteiger partial charge in [0.25, 0.3) is 0 Å². The van der Waals surface area contributed by atoms with Crippen molar-refractivity contribution >= 4 is 17.7 Å². The summed E-state index contributed by atoms with van der Waals surface area (Å²) in [5.41, 5.74) is 1.20. The molecule has 0 amide bonds. The SMILES string of the molecule is [C-]#[N+][C@@H](CSCc1ccccc1)C(=O)OCC. The first-order valence-corrected chi connectivity index (χ1v) is 6.58. The molecule has 0 heterocycles. The predicted octanol–water partition coefficient (Wildman–Crippen LogP) is 2.77.